The standard InChI is InChI=1S/C25H29N3O3S/c1-2-28(32(30,31)24-13-12-22-10-6-7-11-23(22)18-24)20-25(29)27-16-14-26(15-17-27)19-21-8-4-3-5-9-21/h3-13,18H,2,14-17,19-20H2,1H3. The Morgan fingerprint density at radius 1 is 0.875 bits per heavy atom. The normalized spacial score (nSPS) is 15.4. The molecule has 0 atom stereocenters. The minimum absolute atomic E-state index is 0.135. The van der Waals surface area contributed by atoms with Crippen LogP contribution < -0.4 is 0 Å². The third kappa shape index (κ3) is 5.01. The maximum Gasteiger partial charge on any atom is 0.243 e. The Kier molecular flexibility index (Phi) is 6.89. The van der Waals surface area contributed by atoms with Crippen LogP contribution in [-0.4, -0.2) is 67.7 Å². The molecule has 32 heavy (non-hydrogen) atoms. The molecule has 3 aromatic carbocycles. The van der Waals surface area contributed by atoms with E-state index in [1.165, 1.54) is 9.87 Å². The summed E-state index contributed by atoms with van der Waals surface area (Å²) in [4.78, 5) is 17.2. The average molecular weight is 452 g/mol. The molecule has 1 aliphatic heterocycles. The van der Waals surface area contributed by atoms with E-state index in [0.717, 1.165) is 30.4 Å². The lowest BCUT2D eigenvalue weighted by atomic mass is 10.1. The fourth-order valence-corrected chi connectivity index (χ4v) is 5.53. The van der Waals surface area contributed by atoms with Crippen molar-refractivity contribution in [1.29, 1.82) is 0 Å². The van der Waals surface area contributed by atoms with Gasteiger partial charge in [-0.3, -0.25) is 9.69 Å². The molecular formula is C25H29N3O3S. The Hall–Kier alpha value is -2.74. The number of piperazine rings is 1. The molecule has 1 amide bonds. The number of carbonyl (C=O) groups is 1. The molecule has 0 aromatic heterocycles. The van der Waals surface area contributed by atoms with Gasteiger partial charge in [-0.2, -0.15) is 4.31 Å². The Morgan fingerprint density at radius 2 is 1.53 bits per heavy atom. The zero-order valence-corrected chi connectivity index (χ0v) is 19.2. The quantitative estimate of drug-likeness (QED) is 0.554. The highest BCUT2D eigenvalue weighted by Gasteiger charge is 2.29. The lowest BCUT2D eigenvalue weighted by Crippen LogP contribution is -2.51. The molecule has 3 aromatic rings. The summed E-state index contributed by atoms with van der Waals surface area (Å²) < 4.78 is 27.7. The van der Waals surface area contributed by atoms with Gasteiger partial charge in [0, 0.05) is 39.3 Å². The van der Waals surface area contributed by atoms with Crippen LogP contribution in [0.3, 0.4) is 0 Å². The summed E-state index contributed by atoms with van der Waals surface area (Å²) in [6.07, 6.45) is 0. The molecule has 1 aliphatic rings. The van der Waals surface area contributed by atoms with Crippen molar-refractivity contribution >= 4 is 26.7 Å². The lowest BCUT2D eigenvalue weighted by molar-refractivity contribution is -0.133. The zero-order chi connectivity index (χ0) is 22.6. The Morgan fingerprint density at radius 3 is 2.22 bits per heavy atom. The summed E-state index contributed by atoms with van der Waals surface area (Å²) in [5.41, 5.74) is 1.26. The van der Waals surface area contributed by atoms with Crippen LogP contribution in [0.25, 0.3) is 10.8 Å². The van der Waals surface area contributed by atoms with Crippen LogP contribution in [0.5, 0.6) is 0 Å². The van der Waals surface area contributed by atoms with Crippen molar-refractivity contribution in [2.24, 2.45) is 0 Å². The van der Waals surface area contributed by atoms with E-state index in [1.807, 2.05) is 48.5 Å². The molecule has 0 N–H and O–H groups in total. The van der Waals surface area contributed by atoms with Crippen LogP contribution in [0.4, 0.5) is 0 Å². The van der Waals surface area contributed by atoms with Gasteiger partial charge in [0.05, 0.1) is 11.4 Å². The van der Waals surface area contributed by atoms with Gasteiger partial charge in [-0.25, -0.2) is 8.42 Å². The number of likely N-dealkylation sites (N-methyl/N-ethyl adjacent to an activating group) is 1. The lowest BCUT2D eigenvalue weighted by Gasteiger charge is -2.35. The van der Waals surface area contributed by atoms with Crippen molar-refractivity contribution in [2.75, 3.05) is 39.3 Å². The van der Waals surface area contributed by atoms with Crippen LogP contribution >= 0.6 is 0 Å². The Bertz CT molecular complexity index is 1170. The molecule has 1 heterocycles. The van der Waals surface area contributed by atoms with Crippen LogP contribution in [0.1, 0.15) is 12.5 Å². The Balaban J connectivity index is 1.39. The first-order chi connectivity index (χ1) is 15.5. The molecule has 0 unspecified atom stereocenters. The van der Waals surface area contributed by atoms with E-state index in [0.29, 0.717) is 13.1 Å². The van der Waals surface area contributed by atoms with E-state index in [1.54, 1.807) is 24.0 Å². The highest BCUT2D eigenvalue weighted by molar-refractivity contribution is 7.89. The molecule has 6 nitrogen and oxygen atoms in total. The van der Waals surface area contributed by atoms with Gasteiger partial charge in [-0.05, 0) is 28.5 Å². The van der Waals surface area contributed by atoms with Crippen molar-refractivity contribution in [1.82, 2.24) is 14.1 Å². The van der Waals surface area contributed by atoms with E-state index in [9.17, 15) is 13.2 Å². The summed E-state index contributed by atoms with van der Waals surface area (Å²) >= 11 is 0. The summed E-state index contributed by atoms with van der Waals surface area (Å²) in [6.45, 7) is 5.52. The molecular weight excluding hydrogens is 422 g/mol. The predicted molar refractivity (Wildman–Crippen MR) is 127 cm³/mol. The van der Waals surface area contributed by atoms with Gasteiger partial charge in [-0.1, -0.05) is 67.6 Å². The monoisotopic (exact) mass is 451 g/mol. The van der Waals surface area contributed by atoms with Gasteiger partial charge in [0.2, 0.25) is 15.9 Å². The smallest absolute Gasteiger partial charge is 0.243 e. The number of carbonyl (C=O) groups excluding carboxylic acids is 1. The largest absolute Gasteiger partial charge is 0.339 e. The molecule has 0 aliphatic carbocycles. The molecule has 0 radical (unpaired) electrons. The van der Waals surface area contributed by atoms with Crippen LogP contribution in [-0.2, 0) is 21.4 Å². The third-order valence-electron chi connectivity index (χ3n) is 6.00. The highest BCUT2D eigenvalue weighted by atomic mass is 32.2. The average Bonchev–Trinajstić information content (AvgIpc) is 2.83. The molecule has 7 heteroatoms. The second-order valence-electron chi connectivity index (χ2n) is 8.08. The first-order valence-electron chi connectivity index (χ1n) is 11.0. The minimum atomic E-state index is -3.75. The molecule has 4 rings (SSSR count). The summed E-state index contributed by atoms with van der Waals surface area (Å²) in [5, 5.41) is 1.85. The van der Waals surface area contributed by atoms with Crippen molar-refractivity contribution in [3.05, 3.63) is 78.4 Å². The molecule has 0 bridgehead atoms. The zero-order valence-electron chi connectivity index (χ0n) is 18.4. The second-order valence-corrected chi connectivity index (χ2v) is 10.0. The van der Waals surface area contributed by atoms with Gasteiger partial charge < -0.3 is 4.90 Å². The highest BCUT2D eigenvalue weighted by Crippen LogP contribution is 2.22. The van der Waals surface area contributed by atoms with Crippen molar-refractivity contribution in [3.63, 3.8) is 0 Å². The molecule has 0 saturated carbocycles. The van der Waals surface area contributed by atoms with Gasteiger partial charge in [0.15, 0.2) is 0 Å². The SMILES string of the molecule is CCN(CC(=O)N1CCN(Cc2ccccc2)CC1)S(=O)(=O)c1ccc2ccccc2c1. The Labute approximate surface area is 190 Å². The topological polar surface area (TPSA) is 60.9 Å². The molecule has 1 saturated heterocycles. The van der Waals surface area contributed by atoms with Gasteiger partial charge in [0.1, 0.15) is 0 Å². The molecule has 168 valence electrons. The van der Waals surface area contributed by atoms with Gasteiger partial charge in [-0.15, -0.1) is 0 Å². The minimum Gasteiger partial charge on any atom is -0.339 e. The number of sulfonamides is 1. The third-order valence-corrected chi connectivity index (χ3v) is 7.91. The fourth-order valence-electron chi connectivity index (χ4n) is 4.09. The predicted octanol–water partition coefficient (Wildman–Crippen LogP) is 3.19. The molecule has 0 spiro atoms. The molecule has 1 fully saturated rings. The first-order valence-corrected chi connectivity index (χ1v) is 12.4. The number of hydrogen-bond acceptors (Lipinski definition) is 4. The maximum absolute atomic E-state index is 13.2. The van der Waals surface area contributed by atoms with Gasteiger partial charge >= 0.3 is 0 Å². The van der Waals surface area contributed by atoms with E-state index in [-0.39, 0.29) is 23.9 Å². The fraction of sp³-hybridized carbons (Fsp3) is 0.320. The van der Waals surface area contributed by atoms with Crippen molar-refractivity contribution in [3.8, 4) is 0 Å². The summed E-state index contributed by atoms with van der Waals surface area (Å²) in [6, 6.07) is 23.0. The van der Waals surface area contributed by atoms with Gasteiger partial charge in [0.25, 0.3) is 0 Å². The van der Waals surface area contributed by atoms with Crippen LogP contribution in [0.15, 0.2) is 77.7 Å². The van der Waals surface area contributed by atoms with E-state index >= 15 is 0 Å². The van der Waals surface area contributed by atoms with Crippen LogP contribution in [0.2, 0.25) is 0 Å². The van der Waals surface area contributed by atoms with Crippen LogP contribution in [0, 0.1) is 0 Å². The number of rotatable bonds is 7. The number of nitrogens with zero attached hydrogens (tertiary/aromatic N) is 3. The van der Waals surface area contributed by atoms with E-state index in [2.05, 4.69) is 17.0 Å². The van der Waals surface area contributed by atoms with Crippen molar-refractivity contribution < 1.29 is 13.2 Å². The first kappa shape index (κ1) is 22.5. The number of hydrogen-bond donors (Lipinski definition) is 0. The number of amides is 1. The van der Waals surface area contributed by atoms with E-state index in [4.69, 9.17) is 0 Å². The summed E-state index contributed by atoms with van der Waals surface area (Å²) in [7, 11) is -3.75. The second kappa shape index (κ2) is 9.81. The maximum atomic E-state index is 13.2. The van der Waals surface area contributed by atoms with E-state index < -0.39 is 10.0 Å². The summed E-state index contributed by atoms with van der Waals surface area (Å²) in [5.74, 6) is -0.143. The number of benzene rings is 3. The number of fused-ring (bicyclic) bond motifs is 1. The van der Waals surface area contributed by atoms with Crippen molar-refractivity contribution in [2.45, 2.75) is 18.4 Å².